The van der Waals surface area contributed by atoms with Crippen LogP contribution < -0.4 is 4.74 Å². The Morgan fingerprint density at radius 2 is 1.68 bits per heavy atom. The summed E-state index contributed by atoms with van der Waals surface area (Å²) >= 11 is 0. The van der Waals surface area contributed by atoms with Gasteiger partial charge in [0.1, 0.15) is 12.4 Å². The van der Waals surface area contributed by atoms with E-state index in [1.165, 1.54) is 24.3 Å². The average molecular weight is 467 g/mol. The minimum atomic E-state index is -4.61. The van der Waals surface area contributed by atoms with Crippen molar-refractivity contribution in [3.8, 4) is 5.75 Å². The predicted molar refractivity (Wildman–Crippen MR) is 116 cm³/mol. The van der Waals surface area contributed by atoms with E-state index in [0.29, 0.717) is 16.6 Å². The number of alkyl halides is 3. The van der Waals surface area contributed by atoms with Crippen molar-refractivity contribution in [2.75, 3.05) is 0 Å². The van der Waals surface area contributed by atoms with E-state index in [4.69, 9.17) is 4.74 Å². The van der Waals surface area contributed by atoms with Gasteiger partial charge in [0.05, 0.1) is 22.3 Å². The molecular formula is C26H14F5NO2. The number of ketones is 1. The van der Waals surface area contributed by atoms with Crippen LogP contribution in [0.3, 0.4) is 0 Å². The molecule has 5 rings (SSSR count). The number of halogens is 5. The second-order valence-electron chi connectivity index (χ2n) is 7.73. The first-order valence-corrected chi connectivity index (χ1v) is 10.2. The van der Waals surface area contributed by atoms with Crippen LogP contribution in [-0.2, 0) is 12.8 Å². The van der Waals surface area contributed by atoms with Gasteiger partial charge in [-0.05, 0) is 42.0 Å². The van der Waals surface area contributed by atoms with Gasteiger partial charge in [-0.2, -0.15) is 13.2 Å². The van der Waals surface area contributed by atoms with E-state index in [-0.39, 0.29) is 34.6 Å². The summed E-state index contributed by atoms with van der Waals surface area (Å²) in [6.07, 6.45) is -1.33. The van der Waals surface area contributed by atoms with Crippen molar-refractivity contribution in [2.45, 2.75) is 12.8 Å². The predicted octanol–water partition coefficient (Wildman–Crippen LogP) is 6.83. The van der Waals surface area contributed by atoms with Crippen molar-refractivity contribution in [1.82, 2.24) is 4.98 Å². The van der Waals surface area contributed by atoms with Crippen molar-refractivity contribution in [1.29, 1.82) is 0 Å². The summed E-state index contributed by atoms with van der Waals surface area (Å²) in [5.74, 6) is -2.34. The van der Waals surface area contributed by atoms with Gasteiger partial charge in [0.25, 0.3) is 0 Å². The number of fused-ring (bicyclic) bond motifs is 3. The summed E-state index contributed by atoms with van der Waals surface area (Å²) in [6, 6.07) is 13.5. The summed E-state index contributed by atoms with van der Waals surface area (Å²) in [7, 11) is 0. The Labute approximate surface area is 190 Å². The smallest absolute Gasteiger partial charge is 0.416 e. The topological polar surface area (TPSA) is 39.2 Å². The van der Waals surface area contributed by atoms with Crippen molar-refractivity contribution in [2.24, 2.45) is 0 Å². The Kier molecular flexibility index (Phi) is 5.16. The quantitative estimate of drug-likeness (QED) is 0.304. The SMILES string of the molecule is O=C1c2cc(/C=C/c3ccc4cc(F)c(F)cc4n3)ccc2OCc2c1cccc2C(F)(F)F. The standard InChI is InChI=1S/C26H14F5NO2/c27-21-11-15-6-8-16(32-23(15)12-22(21)28)7-4-14-5-9-24-18(10-14)25(33)17-2-1-3-20(26(29,30)31)19(17)13-34-24/h1-12H,13H2/b7-4+. The Morgan fingerprint density at radius 3 is 2.47 bits per heavy atom. The summed E-state index contributed by atoms with van der Waals surface area (Å²) < 4.78 is 72.7. The summed E-state index contributed by atoms with van der Waals surface area (Å²) in [5, 5.41) is 0.445. The molecule has 170 valence electrons. The van der Waals surface area contributed by atoms with Gasteiger partial charge in [-0.3, -0.25) is 4.79 Å². The minimum Gasteiger partial charge on any atom is -0.488 e. The Balaban J connectivity index is 1.49. The lowest BCUT2D eigenvalue weighted by Gasteiger charge is -2.13. The van der Waals surface area contributed by atoms with Crippen LogP contribution in [0.5, 0.6) is 5.75 Å². The van der Waals surface area contributed by atoms with Gasteiger partial charge in [0, 0.05) is 22.6 Å². The first kappa shape index (κ1) is 21.8. The number of benzene rings is 3. The number of pyridine rings is 1. The number of rotatable bonds is 2. The highest BCUT2D eigenvalue weighted by molar-refractivity contribution is 6.12. The van der Waals surface area contributed by atoms with E-state index in [1.807, 2.05) is 0 Å². The molecule has 0 aliphatic carbocycles. The van der Waals surface area contributed by atoms with E-state index < -0.39 is 29.2 Å². The van der Waals surface area contributed by atoms with E-state index in [0.717, 1.165) is 18.2 Å². The molecule has 0 bridgehead atoms. The third kappa shape index (κ3) is 3.91. The normalized spacial score (nSPS) is 13.5. The third-order valence-corrected chi connectivity index (χ3v) is 5.55. The highest BCUT2D eigenvalue weighted by atomic mass is 19.4. The number of hydrogen-bond acceptors (Lipinski definition) is 3. The molecule has 0 amide bonds. The maximum atomic E-state index is 13.5. The van der Waals surface area contributed by atoms with Gasteiger partial charge in [-0.25, -0.2) is 13.8 Å². The van der Waals surface area contributed by atoms with Gasteiger partial charge >= 0.3 is 6.18 Å². The van der Waals surface area contributed by atoms with Crippen LogP contribution in [0.25, 0.3) is 23.1 Å². The lowest BCUT2D eigenvalue weighted by Crippen LogP contribution is -2.13. The molecular weight excluding hydrogens is 453 g/mol. The Morgan fingerprint density at radius 1 is 0.882 bits per heavy atom. The van der Waals surface area contributed by atoms with Crippen LogP contribution >= 0.6 is 0 Å². The van der Waals surface area contributed by atoms with Crippen molar-refractivity contribution in [3.05, 3.63) is 106 Å². The number of hydrogen-bond donors (Lipinski definition) is 0. The highest BCUT2D eigenvalue weighted by Crippen LogP contribution is 2.37. The molecule has 0 radical (unpaired) electrons. The fourth-order valence-electron chi connectivity index (χ4n) is 3.88. The Bertz CT molecular complexity index is 1490. The summed E-state index contributed by atoms with van der Waals surface area (Å²) in [5.41, 5.74) is 0.324. The van der Waals surface area contributed by atoms with E-state index in [9.17, 15) is 26.7 Å². The van der Waals surface area contributed by atoms with Gasteiger partial charge in [-0.15, -0.1) is 0 Å². The fourth-order valence-corrected chi connectivity index (χ4v) is 3.88. The molecule has 3 aromatic carbocycles. The molecule has 0 N–H and O–H groups in total. The average Bonchev–Trinajstić information content (AvgIpc) is 2.94. The molecule has 0 saturated heterocycles. The molecule has 34 heavy (non-hydrogen) atoms. The lowest BCUT2D eigenvalue weighted by atomic mass is 9.94. The third-order valence-electron chi connectivity index (χ3n) is 5.55. The highest BCUT2D eigenvalue weighted by Gasteiger charge is 2.36. The molecule has 1 aromatic heterocycles. The maximum Gasteiger partial charge on any atom is 0.416 e. The number of ether oxygens (including phenoxy) is 1. The van der Waals surface area contributed by atoms with Crippen molar-refractivity contribution < 1.29 is 31.5 Å². The van der Waals surface area contributed by atoms with Crippen LogP contribution in [0, 0.1) is 11.6 Å². The molecule has 0 unspecified atom stereocenters. The second-order valence-corrected chi connectivity index (χ2v) is 7.73. The summed E-state index contributed by atoms with van der Waals surface area (Å²) in [4.78, 5) is 17.4. The molecule has 3 nitrogen and oxygen atoms in total. The van der Waals surface area contributed by atoms with E-state index in [2.05, 4.69) is 4.98 Å². The Hall–Kier alpha value is -4.07. The van der Waals surface area contributed by atoms with Crippen LogP contribution in [0.1, 0.15) is 38.3 Å². The second kappa shape index (κ2) is 8.06. The van der Waals surface area contributed by atoms with Crippen molar-refractivity contribution >= 4 is 28.8 Å². The lowest BCUT2D eigenvalue weighted by molar-refractivity contribution is -0.138. The number of carbonyl (C=O) groups is 1. The molecule has 2 heterocycles. The van der Waals surface area contributed by atoms with E-state index >= 15 is 0 Å². The largest absolute Gasteiger partial charge is 0.488 e. The van der Waals surface area contributed by atoms with Gasteiger partial charge in [0.15, 0.2) is 17.4 Å². The number of carbonyl (C=O) groups excluding carboxylic acids is 1. The molecule has 0 atom stereocenters. The van der Waals surface area contributed by atoms with E-state index in [1.54, 1.807) is 30.4 Å². The van der Waals surface area contributed by atoms with Crippen LogP contribution in [0.4, 0.5) is 22.0 Å². The van der Waals surface area contributed by atoms with Gasteiger partial charge in [0.2, 0.25) is 0 Å². The van der Waals surface area contributed by atoms with Crippen LogP contribution in [0.15, 0.2) is 60.7 Å². The zero-order chi connectivity index (χ0) is 24.0. The van der Waals surface area contributed by atoms with Gasteiger partial charge in [-0.1, -0.05) is 30.3 Å². The first-order chi connectivity index (χ1) is 16.2. The van der Waals surface area contributed by atoms with Crippen LogP contribution in [-0.4, -0.2) is 10.8 Å². The zero-order valence-corrected chi connectivity index (χ0v) is 17.3. The fraction of sp³-hybridized carbons (Fsp3) is 0.0769. The molecule has 4 aromatic rings. The minimum absolute atomic E-state index is 0.0554. The molecule has 1 aliphatic heterocycles. The van der Waals surface area contributed by atoms with Crippen molar-refractivity contribution in [3.63, 3.8) is 0 Å². The maximum absolute atomic E-state index is 13.5. The monoisotopic (exact) mass is 467 g/mol. The number of aromatic nitrogens is 1. The molecule has 0 fully saturated rings. The van der Waals surface area contributed by atoms with Crippen LogP contribution in [0.2, 0.25) is 0 Å². The molecule has 0 saturated carbocycles. The number of nitrogens with zero attached hydrogens (tertiary/aromatic N) is 1. The first-order valence-electron chi connectivity index (χ1n) is 10.2. The molecule has 1 aliphatic rings. The molecule has 0 spiro atoms. The summed E-state index contributed by atoms with van der Waals surface area (Å²) in [6.45, 7) is -0.378. The van der Waals surface area contributed by atoms with Gasteiger partial charge < -0.3 is 4.74 Å². The molecule has 8 heteroatoms. The zero-order valence-electron chi connectivity index (χ0n) is 17.3.